The lowest BCUT2D eigenvalue weighted by atomic mass is 10.1. The van der Waals surface area contributed by atoms with E-state index in [1.165, 1.54) is 12.4 Å². The monoisotopic (exact) mass is 428 g/mol. The second-order valence-electron chi connectivity index (χ2n) is 6.59. The molecular formula is C20H15F3N6O2. The molecule has 1 aromatic carbocycles. The summed E-state index contributed by atoms with van der Waals surface area (Å²) in [5, 5.41) is 4.14. The number of anilines is 1. The molecule has 3 aromatic heterocycles. The van der Waals surface area contributed by atoms with Crippen molar-refractivity contribution in [2.45, 2.75) is 6.18 Å². The molecule has 0 saturated heterocycles. The van der Waals surface area contributed by atoms with Crippen LogP contribution in [0.5, 0.6) is 0 Å². The van der Waals surface area contributed by atoms with Crippen molar-refractivity contribution in [3.63, 3.8) is 0 Å². The predicted octanol–water partition coefficient (Wildman–Crippen LogP) is 3.44. The summed E-state index contributed by atoms with van der Waals surface area (Å²) in [6, 6.07) is 9.33. The van der Waals surface area contributed by atoms with Crippen LogP contribution in [0.2, 0.25) is 0 Å². The number of hydrogen-bond acceptors (Lipinski definition) is 4. The number of pyridine rings is 1. The molecule has 158 valence electrons. The number of benzene rings is 1. The van der Waals surface area contributed by atoms with Gasteiger partial charge in [0.05, 0.1) is 23.8 Å². The zero-order chi connectivity index (χ0) is 22.0. The van der Waals surface area contributed by atoms with Crippen molar-refractivity contribution in [2.24, 2.45) is 0 Å². The number of hydrogen-bond donors (Lipinski definition) is 3. The molecule has 4 rings (SSSR count). The number of H-pyrrole nitrogens is 1. The van der Waals surface area contributed by atoms with Crippen LogP contribution in [0.3, 0.4) is 0 Å². The highest BCUT2D eigenvalue weighted by Crippen LogP contribution is 2.26. The first-order valence-corrected chi connectivity index (χ1v) is 9.03. The maximum atomic E-state index is 12.2. The molecule has 0 bridgehead atoms. The lowest BCUT2D eigenvalue weighted by molar-refractivity contribution is -0.122. The Hall–Kier alpha value is -4.15. The Morgan fingerprint density at radius 2 is 1.94 bits per heavy atom. The number of urea groups is 1. The summed E-state index contributed by atoms with van der Waals surface area (Å²) in [6.45, 7) is -1.42. The van der Waals surface area contributed by atoms with Gasteiger partial charge in [0.15, 0.2) is 0 Å². The smallest absolute Gasteiger partial charge is 0.329 e. The number of fused-ring (bicyclic) bond motifs is 1. The van der Waals surface area contributed by atoms with Gasteiger partial charge in [0.1, 0.15) is 12.2 Å². The van der Waals surface area contributed by atoms with Gasteiger partial charge < -0.3 is 15.6 Å². The standard InChI is InChI=1S/C20H15F3N6O2/c21-20(22,23)11-27-19(31)28-14-3-1-2-13(6-14)16-9-25-17-7-12(4-5-29(16)17)15-8-26-18(30)10-24-15/h1-10H,11H2,(H,26,30)(H2,27,28,31). The minimum Gasteiger partial charge on any atom is -0.329 e. The first kappa shape index (κ1) is 20.1. The first-order valence-electron chi connectivity index (χ1n) is 9.03. The maximum Gasteiger partial charge on any atom is 0.405 e. The molecular weight excluding hydrogens is 413 g/mol. The van der Waals surface area contributed by atoms with Gasteiger partial charge in [-0.15, -0.1) is 0 Å². The van der Waals surface area contributed by atoms with Crippen molar-refractivity contribution in [1.82, 2.24) is 24.7 Å². The van der Waals surface area contributed by atoms with Crippen molar-refractivity contribution < 1.29 is 18.0 Å². The molecule has 0 aliphatic rings. The average Bonchev–Trinajstić information content (AvgIpc) is 3.16. The normalized spacial score (nSPS) is 11.5. The topological polar surface area (TPSA) is 104 Å². The number of aromatic nitrogens is 4. The van der Waals surface area contributed by atoms with Crippen LogP contribution >= 0.6 is 0 Å². The van der Waals surface area contributed by atoms with Crippen LogP contribution in [0.4, 0.5) is 23.7 Å². The maximum absolute atomic E-state index is 12.2. The molecule has 0 atom stereocenters. The molecule has 3 N–H and O–H groups in total. The lowest BCUT2D eigenvalue weighted by Crippen LogP contribution is -2.36. The van der Waals surface area contributed by atoms with Gasteiger partial charge in [0.2, 0.25) is 0 Å². The number of aromatic amines is 1. The molecule has 4 aromatic rings. The van der Waals surface area contributed by atoms with Gasteiger partial charge in [0, 0.05) is 29.2 Å². The van der Waals surface area contributed by atoms with E-state index < -0.39 is 18.8 Å². The summed E-state index contributed by atoms with van der Waals surface area (Å²) in [5.74, 6) is 0. The second-order valence-corrected chi connectivity index (χ2v) is 6.59. The molecule has 0 spiro atoms. The predicted molar refractivity (Wildman–Crippen MR) is 108 cm³/mol. The van der Waals surface area contributed by atoms with E-state index in [1.54, 1.807) is 48.0 Å². The van der Waals surface area contributed by atoms with Gasteiger partial charge >= 0.3 is 12.2 Å². The summed E-state index contributed by atoms with van der Waals surface area (Å²) in [4.78, 5) is 33.9. The minimum atomic E-state index is -4.49. The summed E-state index contributed by atoms with van der Waals surface area (Å²) in [6.07, 6.45) is 1.65. The number of halogens is 3. The molecule has 2 amide bonds. The van der Waals surface area contributed by atoms with Crippen LogP contribution in [0.25, 0.3) is 28.2 Å². The van der Waals surface area contributed by atoms with Crippen molar-refractivity contribution in [1.29, 1.82) is 0 Å². The van der Waals surface area contributed by atoms with Crippen LogP contribution in [0, 0.1) is 0 Å². The lowest BCUT2D eigenvalue weighted by Gasteiger charge is -2.11. The highest BCUT2D eigenvalue weighted by atomic mass is 19.4. The highest BCUT2D eigenvalue weighted by Gasteiger charge is 2.27. The van der Waals surface area contributed by atoms with E-state index in [1.807, 2.05) is 10.5 Å². The van der Waals surface area contributed by atoms with Crippen molar-refractivity contribution in [3.8, 4) is 22.5 Å². The zero-order valence-corrected chi connectivity index (χ0v) is 15.8. The Labute approximate surface area is 172 Å². The Morgan fingerprint density at radius 1 is 1.10 bits per heavy atom. The van der Waals surface area contributed by atoms with E-state index in [9.17, 15) is 22.8 Å². The second kappa shape index (κ2) is 7.94. The van der Waals surface area contributed by atoms with Gasteiger partial charge in [-0.05, 0) is 24.3 Å². The summed E-state index contributed by atoms with van der Waals surface area (Å²) >= 11 is 0. The van der Waals surface area contributed by atoms with E-state index in [0.29, 0.717) is 22.6 Å². The molecule has 0 fully saturated rings. The number of carbonyl (C=O) groups excluding carboxylic acids is 1. The van der Waals surface area contributed by atoms with E-state index in [-0.39, 0.29) is 5.56 Å². The Balaban J connectivity index is 1.57. The fourth-order valence-electron chi connectivity index (χ4n) is 2.97. The third-order valence-corrected chi connectivity index (χ3v) is 4.35. The molecule has 0 radical (unpaired) electrons. The number of carbonyl (C=O) groups is 1. The van der Waals surface area contributed by atoms with Crippen LogP contribution in [0.1, 0.15) is 0 Å². The number of nitrogens with one attached hydrogen (secondary N) is 3. The highest BCUT2D eigenvalue weighted by molar-refractivity contribution is 5.90. The molecule has 0 unspecified atom stereocenters. The van der Waals surface area contributed by atoms with Crippen molar-refractivity contribution in [3.05, 3.63) is 71.5 Å². The third-order valence-electron chi connectivity index (χ3n) is 4.35. The Morgan fingerprint density at radius 3 is 2.68 bits per heavy atom. The quantitative estimate of drug-likeness (QED) is 0.463. The van der Waals surface area contributed by atoms with Gasteiger partial charge in [-0.3, -0.25) is 9.20 Å². The number of nitrogens with zero attached hydrogens (tertiary/aromatic N) is 3. The average molecular weight is 428 g/mol. The summed E-state index contributed by atoms with van der Waals surface area (Å²) in [7, 11) is 0. The first-order chi connectivity index (χ1) is 14.8. The number of alkyl halides is 3. The molecule has 0 aliphatic heterocycles. The molecule has 8 nitrogen and oxygen atoms in total. The number of amides is 2. The summed E-state index contributed by atoms with van der Waals surface area (Å²) in [5.41, 5.74) is 3.43. The van der Waals surface area contributed by atoms with Gasteiger partial charge in [0.25, 0.3) is 5.56 Å². The van der Waals surface area contributed by atoms with E-state index in [4.69, 9.17) is 0 Å². The van der Waals surface area contributed by atoms with Crippen LogP contribution in [-0.4, -0.2) is 38.1 Å². The Kier molecular flexibility index (Phi) is 5.15. The third kappa shape index (κ3) is 4.71. The van der Waals surface area contributed by atoms with E-state index in [0.717, 1.165) is 11.3 Å². The van der Waals surface area contributed by atoms with Gasteiger partial charge in [-0.25, -0.2) is 14.8 Å². The van der Waals surface area contributed by atoms with Crippen LogP contribution in [-0.2, 0) is 0 Å². The van der Waals surface area contributed by atoms with Crippen LogP contribution < -0.4 is 16.2 Å². The summed E-state index contributed by atoms with van der Waals surface area (Å²) < 4.78 is 38.5. The van der Waals surface area contributed by atoms with E-state index >= 15 is 0 Å². The minimum absolute atomic E-state index is 0.298. The fourth-order valence-corrected chi connectivity index (χ4v) is 2.97. The zero-order valence-electron chi connectivity index (χ0n) is 15.8. The molecule has 0 aliphatic carbocycles. The van der Waals surface area contributed by atoms with E-state index in [2.05, 4.69) is 20.3 Å². The molecule has 0 saturated carbocycles. The molecule has 3 heterocycles. The number of imidazole rings is 1. The molecule has 31 heavy (non-hydrogen) atoms. The van der Waals surface area contributed by atoms with Crippen molar-refractivity contribution >= 4 is 17.4 Å². The largest absolute Gasteiger partial charge is 0.405 e. The fraction of sp³-hybridized carbons (Fsp3) is 0.100. The van der Waals surface area contributed by atoms with Crippen molar-refractivity contribution in [2.75, 3.05) is 11.9 Å². The Bertz CT molecular complexity index is 1290. The number of rotatable bonds is 4. The van der Waals surface area contributed by atoms with Gasteiger partial charge in [-0.2, -0.15) is 13.2 Å². The van der Waals surface area contributed by atoms with Crippen LogP contribution in [0.15, 0.2) is 66.0 Å². The SMILES string of the molecule is O=C(NCC(F)(F)F)Nc1cccc(-c2cnc3cc(-c4c[nH]c(=O)cn4)ccn23)c1. The molecule has 11 heteroatoms. The van der Waals surface area contributed by atoms with Gasteiger partial charge in [-0.1, -0.05) is 12.1 Å².